The van der Waals surface area contributed by atoms with E-state index in [-0.39, 0.29) is 0 Å². The van der Waals surface area contributed by atoms with Crippen molar-refractivity contribution >= 4 is 0 Å². The first-order valence-electron chi connectivity index (χ1n) is 6.70. The zero-order valence-electron chi connectivity index (χ0n) is 12.4. The van der Waals surface area contributed by atoms with Crippen LogP contribution in [0.2, 0.25) is 0 Å². The molecule has 0 bridgehead atoms. The summed E-state index contributed by atoms with van der Waals surface area (Å²) >= 11 is 0. The summed E-state index contributed by atoms with van der Waals surface area (Å²) in [6, 6.07) is 2.48. The van der Waals surface area contributed by atoms with Crippen LogP contribution in [0.3, 0.4) is 0 Å². The number of rotatable bonds is 4. The van der Waals surface area contributed by atoms with Gasteiger partial charge in [-0.25, -0.2) is 4.68 Å². The van der Waals surface area contributed by atoms with E-state index in [9.17, 15) is 0 Å². The summed E-state index contributed by atoms with van der Waals surface area (Å²) in [5.41, 5.74) is 5.80. The maximum atomic E-state index is 4.63. The van der Waals surface area contributed by atoms with Gasteiger partial charge in [0.15, 0.2) is 0 Å². The van der Waals surface area contributed by atoms with Gasteiger partial charge in [0.05, 0.1) is 11.4 Å². The highest BCUT2D eigenvalue weighted by Crippen LogP contribution is 2.19. The van der Waals surface area contributed by atoms with Crippen LogP contribution >= 0.6 is 0 Å². The van der Waals surface area contributed by atoms with Crippen LogP contribution in [-0.2, 0) is 6.54 Å². The highest BCUT2D eigenvalue weighted by molar-refractivity contribution is 5.41. The Bertz CT molecular complexity index is 570. The van der Waals surface area contributed by atoms with Crippen molar-refractivity contribution in [2.45, 2.75) is 47.2 Å². The smallest absolute Gasteiger partial charge is 0.0724 e. The van der Waals surface area contributed by atoms with E-state index in [1.54, 1.807) is 0 Å². The van der Waals surface area contributed by atoms with Crippen molar-refractivity contribution in [2.75, 3.05) is 0 Å². The molecule has 102 valence electrons. The van der Waals surface area contributed by atoms with Crippen LogP contribution in [0.15, 0.2) is 18.5 Å². The van der Waals surface area contributed by atoms with Crippen LogP contribution in [0, 0.1) is 20.8 Å². The van der Waals surface area contributed by atoms with E-state index in [4.69, 9.17) is 0 Å². The lowest BCUT2D eigenvalue weighted by Gasteiger charge is -2.13. The maximum Gasteiger partial charge on any atom is 0.0724 e. The van der Waals surface area contributed by atoms with Gasteiger partial charge in [-0.05, 0) is 32.4 Å². The molecule has 0 saturated carbocycles. The first kappa shape index (κ1) is 13.7. The van der Waals surface area contributed by atoms with E-state index in [0.717, 1.165) is 17.9 Å². The van der Waals surface area contributed by atoms with Gasteiger partial charge in [0.2, 0.25) is 0 Å². The summed E-state index contributed by atoms with van der Waals surface area (Å²) in [6.07, 6.45) is 3.73. The molecule has 19 heavy (non-hydrogen) atoms. The van der Waals surface area contributed by atoms with Crippen molar-refractivity contribution in [1.82, 2.24) is 20.1 Å². The highest BCUT2D eigenvalue weighted by Gasteiger charge is 2.12. The molecule has 2 heterocycles. The minimum Gasteiger partial charge on any atom is -0.310 e. The zero-order valence-corrected chi connectivity index (χ0v) is 12.4. The Labute approximate surface area is 114 Å². The summed E-state index contributed by atoms with van der Waals surface area (Å²) in [6.45, 7) is 11.4. The SMILES string of the molecule is Cc1nn(-c2ccncc2CNC(C)C)c(C)c1C. The average molecular weight is 258 g/mol. The van der Waals surface area contributed by atoms with Gasteiger partial charge >= 0.3 is 0 Å². The van der Waals surface area contributed by atoms with Gasteiger partial charge in [0, 0.05) is 36.2 Å². The molecule has 0 atom stereocenters. The molecule has 0 aliphatic carbocycles. The van der Waals surface area contributed by atoms with Gasteiger partial charge in [0.1, 0.15) is 0 Å². The fourth-order valence-electron chi connectivity index (χ4n) is 2.03. The van der Waals surface area contributed by atoms with Crippen molar-refractivity contribution in [3.05, 3.63) is 41.0 Å². The molecule has 0 aliphatic heterocycles. The number of nitrogens with zero attached hydrogens (tertiary/aromatic N) is 3. The lowest BCUT2D eigenvalue weighted by Crippen LogP contribution is -2.23. The first-order chi connectivity index (χ1) is 9.00. The molecule has 0 saturated heterocycles. The standard InChI is InChI=1S/C15H22N4/c1-10(2)17-9-14-8-16-7-6-15(14)19-13(5)11(3)12(4)18-19/h6-8,10,17H,9H2,1-5H3. The fraction of sp³-hybridized carbons (Fsp3) is 0.467. The highest BCUT2D eigenvalue weighted by atomic mass is 15.3. The van der Waals surface area contributed by atoms with Gasteiger partial charge in [-0.3, -0.25) is 4.98 Å². The second kappa shape index (κ2) is 5.53. The summed E-state index contributed by atoms with van der Waals surface area (Å²) < 4.78 is 2.02. The van der Waals surface area contributed by atoms with E-state index in [1.807, 2.05) is 30.1 Å². The van der Waals surface area contributed by atoms with Crippen molar-refractivity contribution in [2.24, 2.45) is 0 Å². The van der Waals surface area contributed by atoms with Crippen molar-refractivity contribution in [3.8, 4) is 5.69 Å². The number of aryl methyl sites for hydroxylation is 1. The summed E-state index contributed by atoms with van der Waals surface area (Å²) in [5, 5.41) is 8.06. The summed E-state index contributed by atoms with van der Waals surface area (Å²) in [7, 11) is 0. The normalized spacial score (nSPS) is 11.3. The number of hydrogen-bond acceptors (Lipinski definition) is 3. The van der Waals surface area contributed by atoms with Crippen LogP contribution in [-0.4, -0.2) is 20.8 Å². The van der Waals surface area contributed by atoms with Gasteiger partial charge in [-0.1, -0.05) is 13.8 Å². The second-order valence-corrected chi connectivity index (χ2v) is 5.25. The Kier molecular flexibility index (Phi) is 4.00. The van der Waals surface area contributed by atoms with Gasteiger partial charge in [0.25, 0.3) is 0 Å². The predicted octanol–water partition coefficient (Wildman–Crippen LogP) is 2.69. The van der Waals surface area contributed by atoms with Gasteiger partial charge in [-0.2, -0.15) is 5.10 Å². The Morgan fingerprint density at radius 1 is 1.26 bits per heavy atom. The van der Waals surface area contributed by atoms with Crippen LogP contribution < -0.4 is 5.32 Å². The third-order valence-electron chi connectivity index (χ3n) is 3.46. The molecule has 1 N–H and O–H groups in total. The van der Waals surface area contributed by atoms with Crippen LogP contribution in [0.1, 0.15) is 36.4 Å². The quantitative estimate of drug-likeness (QED) is 0.917. The Balaban J connectivity index is 2.41. The van der Waals surface area contributed by atoms with E-state index in [1.165, 1.54) is 16.8 Å². The number of hydrogen-bond donors (Lipinski definition) is 1. The minimum atomic E-state index is 0.454. The predicted molar refractivity (Wildman–Crippen MR) is 77.5 cm³/mol. The molecular weight excluding hydrogens is 236 g/mol. The van der Waals surface area contributed by atoms with Gasteiger partial charge < -0.3 is 5.32 Å². The number of pyridine rings is 1. The van der Waals surface area contributed by atoms with E-state index in [2.05, 4.69) is 43.1 Å². The Morgan fingerprint density at radius 3 is 2.58 bits per heavy atom. The number of nitrogens with one attached hydrogen (secondary N) is 1. The Hall–Kier alpha value is -1.68. The third kappa shape index (κ3) is 2.84. The van der Waals surface area contributed by atoms with Crippen molar-refractivity contribution in [3.63, 3.8) is 0 Å². The molecular formula is C15H22N4. The van der Waals surface area contributed by atoms with E-state index < -0.39 is 0 Å². The molecule has 0 aromatic carbocycles. The van der Waals surface area contributed by atoms with Crippen molar-refractivity contribution in [1.29, 1.82) is 0 Å². The van der Waals surface area contributed by atoms with E-state index >= 15 is 0 Å². The van der Waals surface area contributed by atoms with E-state index in [0.29, 0.717) is 6.04 Å². The lowest BCUT2D eigenvalue weighted by molar-refractivity contribution is 0.585. The summed E-state index contributed by atoms with van der Waals surface area (Å²) in [5.74, 6) is 0. The van der Waals surface area contributed by atoms with Crippen molar-refractivity contribution < 1.29 is 0 Å². The second-order valence-electron chi connectivity index (χ2n) is 5.25. The number of aromatic nitrogens is 3. The molecule has 2 aromatic rings. The molecule has 0 radical (unpaired) electrons. The maximum absolute atomic E-state index is 4.63. The molecule has 0 spiro atoms. The van der Waals surface area contributed by atoms with Gasteiger partial charge in [-0.15, -0.1) is 0 Å². The molecule has 0 amide bonds. The molecule has 0 unspecified atom stereocenters. The third-order valence-corrected chi connectivity index (χ3v) is 3.46. The minimum absolute atomic E-state index is 0.454. The molecule has 0 fully saturated rings. The molecule has 2 aromatic heterocycles. The molecule has 0 aliphatic rings. The van der Waals surface area contributed by atoms with Crippen LogP contribution in [0.25, 0.3) is 5.69 Å². The average Bonchev–Trinajstić information content (AvgIpc) is 2.64. The topological polar surface area (TPSA) is 42.7 Å². The van der Waals surface area contributed by atoms with Crippen LogP contribution in [0.5, 0.6) is 0 Å². The lowest BCUT2D eigenvalue weighted by atomic mass is 10.2. The van der Waals surface area contributed by atoms with Crippen LogP contribution in [0.4, 0.5) is 0 Å². The Morgan fingerprint density at radius 2 is 2.00 bits per heavy atom. The summed E-state index contributed by atoms with van der Waals surface area (Å²) in [4.78, 5) is 4.23. The fourth-order valence-corrected chi connectivity index (χ4v) is 2.03. The molecule has 4 nitrogen and oxygen atoms in total. The molecule has 2 rings (SSSR count). The monoisotopic (exact) mass is 258 g/mol. The molecule has 4 heteroatoms. The zero-order chi connectivity index (χ0) is 14.0. The first-order valence-corrected chi connectivity index (χ1v) is 6.70. The largest absolute Gasteiger partial charge is 0.310 e.